The third-order valence-electron chi connectivity index (χ3n) is 2.62. The van der Waals surface area contributed by atoms with Crippen molar-refractivity contribution in [1.82, 2.24) is 0 Å². The summed E-state index contributed by atoms with van der Waals surface area (Å²) in [6.45, 7) is 1.93. The maximum absolute atomic E-state index is 11.9. The highest BCUT2D eigenvalue weighted by Gasteiger charge is 2.06. The third kappa shape index (κ3) is 3.72. The van der Waals surface area contributed by atoms with Crippen LogP contribution in [0.15, 0.2) is 46.9 Å². The van der Waals surface area contributed by atoms with Gasteiger partial charge in [0.2, 0.25) is 0 Å². The van der Waals surface area contributed by atoms with Crippen LogP contribution in [0.25, 0.3) is 0 Å². The van der Waals surface area contributed by atoms with Gasteiger partial charge in [-0.05, 0) is 48.9 Å². The van der Waals surface area contributed by atoms with Crippen LogP contribution in [0.3, 0.4) is 0 Å². The third-order valence-corrected chi connectivity index (χ3v) is 3.73. The van der Waals surface area contributed by atoms with Crippen LogP contribution in [-0.2, 0) is 0 Å². The smallest absolute Gasteiger partial charge is 0.308 e. The first-order valence-electron chi connectivity index (χ1n) is 5.65. The molecule has 19 heavy (non-hydrogen) atoms. The highest BCUT2D eigenvalue weighted by molar-refractivity contribution is 9.10. The molecule has 2 rings (SSSR count). The number of carbonyl (C=O) groups is 1. The maximum atomic E-state index is 11.9. The zero-order chi connectivity index (χ0) is 13.8. The Morgan fingerprint density at radius 1 is 1.11 bits per heavy atom. The molecule has 0 bridgehead atoms. The standard InChI is InChI=1S/C14H12BrClN2O/c1-9-12(15)3-2-4-13(9)18-14(19)17-11-7-5-10(16)6-8-11/h2-8H,1H3,(H2,17,18,19). The second kappa shape index (κ2) is 6.08. The number of halogens is 2. The van der Waals surface area contributed by atoms with Crippen LogP contribution < -0.4 is 10.6 Å². The number of hydrogen-bond donors (Lipinski definition) is 2. The first-order chi connectivity index (χ1) is 9.06. The molecule has 0 saturated heterocycles. The van der Waals surface area contributed by atoms with Gasteiger partial charge < -0.3 is 10.6 Å². The number of hydrogen-bond acceptors (Lipinski definition) is 1. The van der Waals surface area contributed by atoms with Crippen molar-refractivity contribution in [3.8, 4) is 0 Å². The van der Waals surface area contributed by atoms with E-state index >= 15 is 0 Å². The van der Waals surface area contributed by atoms with Crippen LogP contribution in [0.4, 0.5) is 16.2 Å². The Labute approximate surface area is 125 Å². The number of anilines is 2. The van der Waals surface area contributed by atoms with Crippen LogP contribution in [0, 0.1) is 6.92 Å². The van der Waals surface area contributed by atoms with E-state index in [1.807, 2.05) is 25.1 Å². The zero-order valence-corrected chi connectivity index (χ0v) is 12.5. The van der Waals surface area contributed by atoms with Gasteiger partial charge in [-0.3, -0.25) is 0 Å². The second-order valence-electron chi connectivity index (χ2n) is 4.00. The maximum Gasteiger partial charge on any atom is 0.323 e. The average molecular weight is 340 g/mol. The van der Waals surface area contributed by atoms with Crippen LogP contribution in [-0.4, -0.2) is 6.03 Å². The molecule has 0 aliphatic carbocycles. The van der Waals surface area contributed by atoms with Crippen molar-refractivity contribution in [2.24, 2.45) is 0 Å². The van der Waals surface area contributed by atoms with Gasteiger partial charge in [0.1, 0.15) is 0 Å². The van der Waals surface area contributed by atoms with E-state index in [9.17, 15) is 4.79 Å². The van der Waals surface area contributed by atoms with E-state index in [0.717, 1.165) is 15.7 Å². The van der Waals surface area contributed by atoms with E-state index in [1.54, 1.807) is 24.3 Å². The summed E-state index contributed by atoms with van der Waals surface area (Å²) in [4.78, 5) is 11.9. The molecule has 0 aromatic heterocycles. The largest absolute Gasteiger partial charge is 0.323 e. The van der Waals surface area contributed by atoms with Gasteiger partial charge >= 0.3 is 6.03 Å². The summed E-state index contributed by atoms with van der Waals surface area (Å²) in [6.07, 6.45) is 0. The highest BCUT2D eigenvalue weighted by Crippen LogP contribution is 2.23. The molecule has 2 aromatic carbocycles. The number of rotatable bonds is 2. The molecule has 0 atom stereocenters. The molecule has 0 heterocycles. The highest BCUT2D eigenvalue weighted by atomic mass is 79.9. The fourth-order valence-corrected chi connectivity index (χ4v) is 2.05. The molecular weight excluding hydrogens is 328 g/mol. The van der Waals surface area contributed by atoms with E-state index < -0.39 is 0 Å². The number of benzene rings is 2. The Morgan fingerprint density at radius 3 is 2.47 bits per heavy atom. The molecule has 0 aliphatic rings. The molecule has 3 nitrogen and oxygen atoms in total. The van der Waals surface area contributed by atoms with Crippen molar-refractivity contribution in [3.05, 3.63) is 57.5 Å². The average Bonchev–Trinajstić information content (AvgIpc) is 2.38. The summed E-state index contributed by atoms with van der Waals surface area (Å²) in [5.74, 6) is 0. The molecule has 2 N–H and O–H groups in total. The number of nitrogens with one attached hydrogen (secondary N) is 2. The van der Waals surface area contributed by atoms with Gasteiger partial charge in [0.05, 0.1) is 0 Å². The van der Waals surface area contributed by atoms with Gasteiger partial charge in [-0.1, -0.05) is 33.6 Å². The predicted molar refractivity (Wildman–Crippen MR) is 83.0 cm³/mol. The van der Waals surface area contributed by atoms with E-state index in [4.69, 9.17) is 11.6 Å². The van der Waals surface area contributed by atoms with Gasteiger partial charge in [0.15, 0.2) is 0 Å². The molecule has 0 radical (unpaired) electrons. The lowest BCUT2D eigenvalue weighted by atomic mass is 10.2. The second-order valence-corrected chi connectivity index (χ2v) is 5.29. The summed E-state index contributed by atoms with van der Waals surface area (Å²) >= 11 is 9.21. The quantitative estimate of drug-likeness (QED) is 0.789. The monoisotopic (exact) mass is 338 g/mol. The molecule has 98 valence electrons. The molecule has 0 fully saturated rings. The molecule has 0 saturated carbocycles. The van der Waals surface area contributed by atoms with Crippen molar-refractivity contribution in [2.45, 2.75) is 6.92 Å². The number of urea groups is 1. The van der Waals surface area contributed by atoms with Gasteiger partial charge in [0.25, 0.3) is 0 Å². The predicted octanol–water partition coefficient (Wildman–Crippen LogP) is 5.05. The molecular formula is C14H12BrClN2O. The lowest BCUT2D eigenvalue weighted by molar-refractivity contribution is 0.262. The van der Waals surface area contributed by atoms with Crippen LogP contribution in [0.1, 0.15) is 5.56 Å². The van der Waals surface area contributed by atoms with E-state index in [0.29, 0.717) is 10.7 Å². The van der Waals surface area contributed by atoms with E-state index in [2.05, 4.69) is 26.6 Å². The summed E-state index contributed by atoms with van der Waals surface area (Å²) in [7, 11) is 0. The normalized spacial score (nSPS) is 10.1. The summed E-state index contributed by atoms with van der Waals surface area (Å²) in [6, 6.07) is 12.3. The molecule has 2 amide bonds. The Balaban J connectivity index is 2.05. The van der Waals surface area contributed by atoms with Crippen LogP contribution in [0.5, 0.6) is 0 Å². The first-order valence-corrected chi connectivity index (χ1v) is 6.82. The van der Waals surface area contributed by atoms with Crippen LogP contribution in [0.2, 0.25) is 5.02 Å². The van der Waals surface area contributed by atoms with E-state index in [-0.39, 0.29) is 6.03 Å². The Bertz CT molecular complexity index is 599. The minimum absolute atomic E-state index is 0.288. The number of carbonyl (C=O) groups excluding carboxylic acids is 1. The Kier molecular flexibility index (Phi) is 4.45. The lowest BCUT2D eigenvalue weighted by Gasteiger charge is -2.10. The summed E-state index contributed by atoms with van der Waals surface area (Å²) in [5, 5.41) is 6.17. The topological polar surface area (TPSA) is 41.1 Å². The fraction of sp³-hybridized carbons (Fsp3) is 0.0714. The van der Waals surface area contributed by atoms with Crippen molar-refractivity contribution < 1.29 is 4.79 Å². The Hall–Kier alpha value is -1.52. The summed E-state index contributed by atoms with van der Waals surface area (Å²) in [5.41, 5.74) is 2.43. The molecule has 0 unspecified atom stereocenters. The first kappa shape index (κ1) is 13.9. The zero-order valence-electron chi connectivity index (χ0n) is 10.2. The Morgan fingerprint density at radius 2 is 1.79 bits per heavy atom. The minimum atomic E-state index is -0.288. The van der Waals surface area contributed by atoms with Crippen molar-refractivity contribution in [3.63, 3.8) is 0 Å². The fourth-order valence-electron chi connectivity index (χ4n) is 1.56. The van der Waals surface area contributed by atoms with Gasteiger partial charge in [-0.2, -0.15) is 0 Å². The van der Waals surface area contributed by atoms with Gasteiger partial charge in [-0.15, -0.1) is 0 Å². The minimum Gasteiger partial charge on any atom is -0.308 e. The molecule has 0 spiro atoms. The van der Waals surface area contributed by atoms with Crippen molar-refractivity contribution >= 4 is 44.9 Å². The lowest BCUT2D eigenvalue weighted by Crippen LogP contribution is -2.19. The number of amides is 2. The van der Waals surface area contributed by atoms with Crippen LogP contribution >= 0.6 is 27.5 Å². The summed E-state index contributed by atoms with van der Waals surface area (Å²) < 4.78 is 0.955. The van der Waals surface area contributed by atoms with E-state index in [1.165, 1.54) is 0 Å². The van der Waals surface area contributed by atoms with Crippen molar-refractivity contribution in [1.29, 1.82) is 0 Å². The SMILES string of the molecule is Cc1c(Br)cccc1NC(=O)Nc1ccc(Cl)cc1. The molecule has 0 aliphatic heterocycles. The molecule has 5 heteroatoms. The molecule has 2 aromatic rings. The van der Waals surface area contributed by atoms with Crippen molar-refractivity contribution in [2.75, 3.05) is 10.6 Å². The van der Waals surface area contributed by atoms with Gasteiger partial charge in [0, 0.05) is 20.9 Å². The van der Waals surface area contributed by atoms with Gasteiger partial charge in [-0.25, -0.2) is 4.79 Å².